The van der Waals surface area contributed by atoms with E-state index in [0.29, 0.717) is 0 Å². The van der Waals surface area contributed by atoms with Crippen molar-refractivity contribution < 1.29 is 0 Å². The van der Waals surface area contributed by atoms with E-state index in [-0.39, 0.29) is 0 Å². The summed E-state index contributed by atoms with van der Waals surface area (Å²) in [6.07, 6.45) is 3.62. The molecule has 2 heterocycles. The largest absolute Gasteiger partial charge is 0.311 e. The lowest BCUT2D eigenvalue weighted by Gasteiger charge is -2.04. The number of fused-ring (bicyclic) bond motifs is 1. The number of halogens is 1. The molecule has 3 rings (SSSR count). The Hall–Kier alpha value is -1.68. The standard InChI is InChI=1S/C13H10BrN3/c14-11-4-1-3-10(7-11)8-17-9-16-12-5-2-6-15-13(12)17/h1-7,9H,8H2. The normalized spacial score (nSPS) is 10.9. The van der Waals surface area contributed by atoms with E-state index in [9.17, 15) is 0 Å². The molecule has 0 unspecified atom stereocenters. The van der Waals surface area contributed by atoms with Crippen molar-refractivity contribution in [2.24, 2.45) is 0 Å². The lowest BCUT2D eigenvalue weighted by Crippen LogP contribution is -1.98. The van der Waals surface area contributed by atoms with Crippen LogP contribution in [0.25, 0.3) is 11.2 Å². The van der Waals surface area contributed by atoms with Crippen molar-refractivity contribution in [1.29, 1.82) is 0 Å². The Labute approximate surface area is 107 Å². The van der Waals surface area contributed by atoms with Gasteiger partial charge in [0.2, 0.25) is 0 Å². The molecule has 3 aromatic rings. The number of pyridine rings is 1. The lowest BCUT2D eigenvalue weighted by atomic mass is 10.2. The molecule has 1 aromatic carbocycles. The number of hydrogen-bond donors (Lipinski definition) is 0. The quantitative estimate of drug-likeness (QED) is 0.724. The highest BCUT2D eigenvalue weighted by atomic mass is 79.9. The van der Waals surface area contributed by atoms with Gasteiger partial charge in [-0.2, -0.15) is 0 Å². The van der Waals surface area contributed by atoms with E-state index in [1.807, 2.05) is 30.6 Å². The molecule has 0 saturated carbocycles. The second-order valence-corrected chi connectivity index (χ2v) is 4.76. The molecule has 2 aromatic heterocycles. The van der Waals surface area contributed by atoms with Crippen LogP contribution in [0.5, 0.6) is 0 Å². The molecule has 0 radical (unpaired) electrons. The van der Waals surface area contributed by atoms with Crippen LogP contribution in [-0.2, 0) is 6.54 Å². The zero-order valence-corrected chi connectivity index (χ0v) is 10.6. The Morgan fingerprint density at radius 3 is 2.94 bits per heavy atom. The van der Waals surface area contributed by atoms with E-state index in [2.05, 4.69) is 42.6 Å². The number of imidazole rings is 1. The number of nitrogens with zero attached hydrogens (tertiary/aromatic N) is 3. The zero-order chi connectivity index (χ0) is 11.7. The lowest BCUT2D eigenvalue weighted by molar-refractivity contribution is 0.814. The Balaban J connectivity index is 2.00. The van der Waals surface area contributed by atoms with Crippen molar-refractivity contribution >= 4 is 27.1 Å². The predicted octanol–water partition coefficient (Wildman–Crippen LogP) is 3.24. The van der Waals surface area contributed by atoms with E-state index in [1.165, 1.54) is 5.56 Å². The number of hydrogen-bond acceptors (Lipinski definition) is 2. The smallest absolute Gasteiger partial charge is 0.160 e. The van der Waals surface area contributed by atoms with Gasteiger partial charge in [0.05, 0.1) is 12.9 Å². The molecule has 0 aliphatic rings. The Bertz CT molecular complexity index is 660. The molecule has 0 N–H and O–H groups in total. The summed E-state index contributed by atoms with van der Waals surface area (Å²) in [4.78, 5) is 8.67. The molecular formula is C13H10BrN3. The Kier molecular flexibility index (Phi) is 2.65. The van der Waals surface area contributed by atoms with E-state index >= 15 is 0 Å². The number of rotatable bonds is 2. The topological polar surface area (TPSA) is 30.7 Å². The summed E-state index contributed by atoms with van der Waals surface area (Å²) in [7, 11) is 0. The minimum Gasteiger partial charge on any atom is -0.311 e. The first kappa shape index (κ1) is 10.5. The molecule has 0 aliphatic carbocycles. The van der Waals surface area contributed by atoms with Crippen LogP contribution in [0.2, 0.25) is 0 Å². The van der Waals surface area contributed by atoms with Crippen molar-refractivity contribution in [3.05, 3.63) is 59.0 Å². The molecule has 17 heavy (non-hydrogen) atoms. The van der Waals surface area contributed by atoms with Crippen molar-refractivity contribution in [3.8, 4) is 0 Å². The van der Waals surface area contributed by atoms with Gasteiger partial charge in [-0.05, 0) is 29.8 Å². The van der Waals surface area contributed by atoms with Crippen LogP contribution in [0.15, 0.2) is 53.4 Å². The minimum atomic E-state index is 0.785. The highest BCUT2D eigenvalue weighted by Gasteiger charge is 2.03. The molecular weight excluding hydrogens is 278 g/mol. The highest BCUT2D eigenvalue weighted by molar-refractivity contribution is 9.10. The summed E-state index contributed by atoms with van der Waals surface area (Å²) in [6.45, 7) is 0.785. The van der Waals surface area contributed by atoms with Crippen LogP contribution in [0.4, 0.5) is 0 Å². The summed E-state index contributed by atoms with van der Waals surface area (Å²) < 4.78 is 3.14. The fourth-order valence-electron chi connectivity index (χ4n) is 1.84. The fraction of sp³-hybridized carbons (Fsp3) is 0.0769. The predicted molar refractivity (Wildman–Crippen MR) is 70.8 cm³/mol. The molecule has 0 fully saturated rings. The van der Waals surface area contributed by atoms with E-state index in [4.69, 9.17) is 0 Å². The second kappa shape index (κ2) is 4.30. The van der Waals surface area contributed by atoms with Crippen molar-refractivity contribution in [3.63, 3.8) is 0 Å². The van der Waals surface area contributed by atoms with Crippen molar-refractivity contribution in [1.82, 2.24) is 14.5 Å². The van der Waals surface area contributed by atoms with Gasteiger partial charge in [-0.3, -0.25) is 0 Å². The molecule has 0 spiro atoms. The van der Waals surface area contributed by atoms with Gasteiger partial charge in [0.15, 0.2) is 5.65 Å². The van der Waals surface area contributed by atoms with E-state index in [0.717, 1.165) is 22.2 Å². The van der Waals surface area contributed by atoms with Gasteiger partial charge in [-0.1, -0.05) is 28.1 Å². The third kappa shape index (κ3) is 2.08. The van der Waals surface area contributed by atoms with Crippen LogP contribution >= 0.6 is 15.9 Å². The van der Waals surface area contributed by atoms with Crippen molar-refractivity contribution in [2.45, 2.75) is 6.54 Å². The van der Waals surface area contributed by atoms with Gasteiger partial charge in [0.1, 0.15) is 5.52 Å². The molecule has 84 valence electrons. The molecule has 0 amide bonds. The van der Waals surface area contributed by atoms with Crippen LogP contribution < -0.4 is 0 Å². The van der Waals surface area contributed by atoms with E-state index < -0.39 is 0 Å². The van der Waals surface area contributed by atoms with Gasteiger partial charge < -0.3 is 4.57 Å². The first-order chi connectivity index (χ1) is 8.33. The first-order valence-electron chi connectivity index (χ1n) is 5.33. The number of aromatic nitrogens is 3. The molecule has 0 atom stereocenters. The van der Waals surface area contributed by atoms with Gasteiger partial charge in [0.25, 0.3) is 0 Å². The molecule has 4 heteroatoms. The summed E-state index contributed by atoms with van der Waals surface area (Å²) in [5.74, 6) is 0. The summed E-state index contributed by atoms with van der Waals surface area (Å²) >= 11 is 3.48. The average molecular weight is 288 g/mol. The van der Waals surface area contributed by atoms with Gasteiger partial charge in [0, 0.05) is 10.7 Å². The summed E-state index contributed by atoms with van der Waals surface area (Å²) in [5, 5.41) is 0. The maximum absolute atomic E-state index is 4.35. The summed E-state index contributed by atoms with van der Waals surface area (Å²) in [6, 6.07) is 12.1. The van der Waals surface area contributed by atoms with Crippen LogP contribution in [-0.4, -0.2) is 14.5 Å². The monoisotopic (exact) mass is 287 g/mol. The minimum absolute atomic E-state index is 0.785. The first-order valence-corrected chi connectivity index (χ1v) is 6.12. The van der Waals surface area contributed by atoms with Crippen LogP contribution in [0, 0.1) is 0 Å². The Morgan fingerprint density at radius 1 is 1.12 bits per heavy atom. The Morgan fingerprint density at radius 2 is 2.06 bits per heavy atom. The van der Waals surface area contributed by atoms with Gasteiger partial charge in [-0.25, -0.2) is 9.97 Å². The molecule has 0 aliphatic heterocycles. The van der Waals surface area contributed by atoms with Crippen LogP contribution in [0.1, 0.15) is 5.56 Å². The zero-order valence-electron chi connectivity index (χ0n) is 9.05. The average Bonchev–Trinajstić information content (AvgIpc) is 2.73. The highest BCUT2D eigenvalue weighted by Crippen LogP contribution is 2.15. The van der Waals surface area contributed by atoms with Crippen LogP contribution in [0.3, 0.4) is 0 Å². The second-order valence-electron chi connectivity index (χ2n) is 3.85. The molecule has 0 bridgehead atoms. The van der Waals surface area contributed by atoms with Crippen molar-refractivity contribution in [2.75, 3.05) is 0 Å². The fourth-order valence-corrected chi connectivity index (χ4v) is 2.29. The summed E-state index contributed by atoms with van der Waals surface area (Å²) in [5.41, 5.74) is 3.08. The molecule has 3 nitrogen and oxygen atoms in total. The number of benzene rings is 1. The third-order valence-electron chi connectivity index (χ3n) is 2.62. The molecule has 0 saturated heterocycles. The SMILES string of the molecule is Brc1cccc(Cn2cnc3cccnc32)c1. The van der Waals surface area contributed by atoms with Gasteiger partial charge in [-0.15, -0.1) is 0 Å². The van der Waals surface area contributed by atoms with Gasteiger partial charge >= 0.3 is 0 Å². The maximum Gasteiger partial charge on any atom is 0.160 e. The maximum atomic E-state index is 4.35. The van der Waals surface area contributed by atoms with E-state index in [1.54, 1.807) is 6.20 Å². The third-order valence-corrected chi connectivity index (χ3v) is 3.11.